The van der Waals surface area contributed by atoms with Gasteiger partial charge in [-0.15, -0.1) is 0 Å². The zero-order valence-corrected chi connectivity index (χ0v) is 10.8. The van der Waals surface area contributed by atoms with E-state index in [4.69, 9.17) is 9.47 Å². The molecule has 0 radical (unpaired) electrons. The van der Waals surface area contributed by atoms with Crippen molar-refractivity contribution in [2.45, 2.75) is 13.3 Å². The normalized spacial score (nSPS) is 9.72. The first-order valence-electron chi connectivity index (χ1n) is 5.64. The van der Waals surface area contributed by atoms with E-state index in [1.807, 2.05) is 0 Å². The van der Waals surface area contributed by atoms with E-state index >= 15 is 0 Å². The maximum atomic E-state index is 11.8. The molecule has 0 bridgehead atoms. The van der Waals surface area contributed by atoms with Crippen molar-refractivity contribution in [2.24, 2.45) is 0 Å². The number of esters is 1. The summed E-state index contributed by atoms with van der Waals surface area (Å²) in [5, 5.41) is 0. The van der Waals surface area contributed by atoms with Gasteiger partial charge in [-0.1, -0.05) is 0 Å². The van der Waals surface area contributed by atoms with Gasteiger partial charge >= 0.3 is 5.97 Å². The molecule has 1 amide bonds. The lowest BCUT2D eigenvalue weighted by atomic mass is 10.2. The number of benzene rings is 1. The van der Waals surface area contributed by atoms with Crippen molar-refractivity contribution in [1.29, 1.82) is 0 Å². The van der Waals surface area contributed by atoms with E-state index in [-0.39, 0.29) is 18.9 Å². The van der Waals surface area contributed by atoms with Crippen LogP contribution in [-0.2, 0) is 14.3 Å². The van der Waals surface area contributed by atoms with Crippen molar-refractivity contribution in [1.82, 2.24) is 0 Å². The van der Waals surface area contributed by atoms with Crippen molar-refractivity contribution in [2.75, 3.05) is 25.7 Å². The van der Waals surface area contributed by atoms with Gasteiger partial charge in [0.25, 0.3) is 0 Å². The van der Waals surface area contributed by atoms with Gasteiger partial charge in [-0.05, 0) is 31.2 Å². The average Bonchev–Trinajstić information content (AvgIpc) is 2.38. The molecular formula is C13H17NO4. The quantitative estimate of drug-likeness (QED) is 0.589. The molecule has 0 N–H and O–H groups in total. The lowest BCUT2D eigenvalue weighted by molar-refractivity contribution is -0.145. The molecule has 1 aromatic rings. The monoisotopic (exact) mass is 251 g/mol. The number of carbonyl (C=O) groups is 2. The molecule has 0 aliphatic heterocycles. The molecule has 0 unspecified atom stereocenters. The molecule has 5 heteroatoms. The topological polar surface area (TPSA) is 55.8 Å². The Morgan fingerprint density at radius 1 is 1.22 bits per heavy atom. The van der Waals surface area contributed by atoms with Gasteiger partial charge in [0.05, 0.1) is 13.7 Å². The van der Waals surface area contributed by atoms with Crippen LogP contribution in [0, 0.1) is 0 Å². The lowest BCUT2D eigenvalue weighted by Gasteiger charge is -2.17. The van der Waals surface area contributed by atoms with Crippen LogP contribution in [0.1, 0.15) is 13.3 Å². The van der Waals surface area contributed by atoms with Crippen LogP contribution in [0.15, 0.2) is 24.3 Å². The van der Waals surface area contributed by atoms with Gasteiger partial charge in [-0.25, -0.2) is 0 Å². The maximum Gasteiger partial charge on any atom is 0.315 e. The van der Waals surface area contributed by atoms with Crippen LogP contribution in [0.5, 0.6) is 5.75 Å². The summed E-state index contributed by atoms with van der Waals surface area (Å²) in [5.41, 5.74) is 0.699. The molecule has 1 rings (SSSR count). The Bertz CT molecular complexity index is 414. The van der Waals surface area contributed by atoms with Gasteiger partial charge in [0, 0.05) is 12.7 Å². The van der Waals surface area contributed by atoms with Gasteiger partial charge in [0.15, 0.2) is 0 Å². The Kier molecular flexibility index (Phi) is 5.17. The van der Waals surface area contributed by atoms with Gasteiger partial charge in [-0.3, -0.25) is 9.59 Å². The molecule has 0 fully saturated rings. The van der Waals surface area contributed by atoms with Crippen LogP contribution >= 0.6 is 0 Å². The van der Waals surface area contributed by atoms with E-state index in [2.05, 4.69) is 0 Å². The number of carbonyl (C=O) groups excluding carboxylic acids is 2. The van der Waals surface area contributed by atoms with E-state index in [1.54, 1.807) is 45.3 Å². The fourth-order valence-corrected chi connectivity index (χ4v) is 1.40. The van der Waals surface area contributed by atoms with Gasteiger partial charge in [0.2, 0.25) is 5.91 Å². The number of nitrogens with zero attached hydrogens (tertiary/aromatic N) is 1. The van der Waals surface area contributed by atoms with Crippen molar-refractivity contribution in [3.8, 4) is 5.75 Å². The second-order valence-corrected chi connectivity index (χ2v) is 3.63. The first-order valence-corrected chi connectivity index (χ1v) is 5.64. The molecule has 98 valence electrons. The summed E-state index contributed by atoms with van der Waals surface area (Å²) < 4.78 is 9.76. The standard InChI is InChI=1S/C13H17NO4/c1-4-18-13(16)9-12(15)14(2)10-5-7-11(17-3)8-6-10/h5-8H,4,9H2,1-3H3. The number of anilines is 1. The van der Waals surface area contributed by atoms with Crippen LogP contribution in [0.4, 0.5) is 5.69 Å². The van der Waals surface area contributed by atoms with Crippen LogP contribution in [-0.4, -0.2) is 32.6 Å². The second-order valence-electron chi connectivity index (χ2n) is 3.63. The lowest BCUT2D eigenvalue weighted by Crippen LogP contribution is -2.28. The second kappa shape index (κ2) is 6.64. The van der Waals surface area contributed by atoms with E-state index in [0.29, 0.717) is 11.4 Å². The van der Waals surface area contributed by atoms with Crippen molar-refractivity contribution in [3.63, 3.8) is 0 Å². The number of hydrogen-bond acceptors (Lipinski definition) is 4. The van der Waals surface area contributed by atoms with E-state index in [1.165, 1.54) is 4.90 Å². The Morgan fingerprint density at radius 3 is 2.33 bits per heavy atom. The summed E-state index contributed by atoms with van der Waals surface area (Å²) in [7, 11) is 3.19. The minimum absolute atomic E-state index is 0.254. The Morgan fingerprint density at radius 2 is 1.83 bits per heavy atom. The van der Waals surface area contributed by atoms with Crippen LogP contribution in [0.3, 0.4) is 0 Å². The molecule has 0 aliphatic carbocycles. The molecule has 0 heterocycles. The third-order valence-electron chi connectivity index (χ3n) is 2.43. The number of hydrogen-bond donors (Lipinski definition) is 0. The van der Waals surface area contributed by atoms with Crippen molar-refractivity contribution < 1.29 is 19.1 Å². The summed E-state index contributed by atoms with van der Waals surface area (Å²) in [4.78, 5) is 24.4. The highest BCUT2D eigenvalue weighted by Crippen LogP contribution is 2.18. The molecule has 0 aromatic heterocycles. The van der Waals surface area contributed by atoms with Crippen LogP contribution in [0.2, 0.25) is 0 Å². The van der Waals surface area contributed by atoms with Crippen LogP contribution < -0.4 is 9.64 Å². The molecule has 5 nitrogen and oxygen atoms in total. The maximum absolute atomic E-state index is 11.8. The number of methoxy groups -OCH3 is 1. The first-order chi connectivity index (χ1) is 8.58. The molecule has 0 saturated heterocycles. The molecule has 1 aromatic carbocycles. The third kappa shape index (κ3) is 3.76. The highest BCUT2D eigenvalue weighted by molar-refractivity contribution is 6.03. The zero-order valence-electron chi connectivity index (χ0n) is 10.8. The van der Waals surface area contributed by atoms with Gasteiger partial charge in [-0.2, -0.15) is 0 Å². The molecule has 0 aliphatic rings. The fourth-order valence-electron chi connectivity index (χ4n) is 1.40. The molecule has 18 heavy (non-hydrogen) atoms. The predicted molar refractivity (Wildman–Crippen MR) is 67.7 cm³/mol. The summed E-state index contributed by atoms with van der Waals surface area (Å²) in [5.74, 6) is -0.105. The third-order valence-corrected chi connectivity index (χ3v) is 2.43. The van der Waals surface area contributed by atoms with E-state index in [9.17, 15) is 9.59 Å². The summed E-state index contributed by atoms with van der Waals surface area (Å²) >= 11 is 0. The Hall–Kier alpha value is -2.04. The molecule has 0 saturated carbocycles. The zero-order chi connectivity index (χ0) is 13.5. The highest BCUT2D eigenvalue weighted by Gasteiger charge is 2.15. The van der Waals surface area contributed by atoms with Crippen LogP contribution in [0.25, 0.3) is 0 Å². The summed E-state index contributed by atoms with van der Waals surface area (Å²) in [6.45, 7) is 1.98. The average molecular weight is 251 g/mol. The molecular weight excluding hydrogens is 234 g/mol. The largest absolute Gasteiger partial charge is 0.497 e. The summed E-state index contributed by atoms with van der Waals surface area (Å²) in [6.07, 6.45) is -0.254. The number of amides is 1. The minimum atomic E-state index is -0.511. The van der Waals surface area contributed by atoms with Crippen molar-refractivity contribution >= 4 is 17.6 Å². The Labute approximate surface area is 106 Å². The van der Waals surface area contributed by atoms with Crippen molar-refractivity contribution in [3.05, 3.63) is 24.3 Å². The van der Waals surface area contributed by atoms with E-state index < -0.39 is 5.97 Å². The summed E-state index contributed by atoms with van der Waals surface area (Å²) in [6, 6.07) is 7.01. The van der Waals surface area contributed by atoms with Gasteiger partial charge < -0.3 is 14.4 Å². The van der Waals surface area contributed by atoms with Gasteiger partial charge in [0.1, 0.15) is 12.2 Å². The molecule has 0 atom stereocenters. The minimum Gasteiger partial charge on any atom is -0.497 e. The Balaban J connectivity index is 2.64. The van der Waals surface area contributed by atoms with E-state index in [0.717, 1.165) is 0 Å². The SMILES string of the molecule is CCOC(=O)CC(=O)N(C)c1ccc(OC)cc1. The molecule has 0 spiro atoms. The number of rotatable bonds is 5. The smallest absolute Gasteiger partial charge is 0.315 e. The fraction of sp³-hybridized carbons (Fsp3) is 0.385. The highest BCUT2D eigenvalue weighted by atomic mass is 16.5. The predicted octanol–water partition coefficient (Wildman–Crippen LogP) is 1.61. The number of ether oxygens (including phenoxy) is 2. The first kappa shape index (κ1) is 14.0.